The standard InChI is InChI=1S/C23H21N3O6/c1-30-21-12-7-18(13-22(21)31-2)23(27)25-24-14-16-5-10-20(11-6-16)32-15-17-3-8-19(9-4-17)26(28)29/h3-14H,15H2,1-2H3,(H,25,27)/b24-14-. The summed E-state index contributed by atoms with van der Waals surface area (Å²) in [6.45, 7) is 0.285. The third-order valence-corrected chi connectivity index (χ3v) is 4.46. The number of nitro groups is 1. The Labute approximate surface area is 184 Å². The molecule has 9 nitrogen and oxygen atoms in total. The van der Waals surface area contributed by atoms with Crippen LogP contribution in [-0.4, -0.2) is 31.3 Å². The van der Waals surface area contributed by atoms with Crippen LogP contribution in [0.15, 0.2) is 71.8 Å². The van der Waals surface area contributed by atoms with Gasteiger partial charge in [-0.1, -0.05) is 0 Å². The van der Waals surface area contributed by atoms with Crippen LogP contribution in [0.5, 0.6) is 17.2 Å². The first-order chi connectivity index (χ1) is 15.5. The summed E-state index contributed by atoms with van der Waals surface area (Å²) in [5, 5.41) is 14.7. The molecule has 0 saturated heterocycles. The second kappa shape index (κ2) is 10.6. The van der Waals surface area contributed by atoms with Gasteiger partial charge in [0.05, 0.1) is 25.4 Å². The molecule has 0 aliphatic rings. The molecule has 0 unspecified atom stereocenters. The maximum atomic E-state index is 12.3. The van der Waals surface area contributed by atoms with Gasteiger partial charge in [-0.3, -0.25) is 14.9 Å². The number of benzene rings is 3. The van der Waals surface area contributed by atoms with Gasteiger partial charge in [-0.05, 0) is 65.7 Å². The number of amides is 1. The minimum atomic E-state index is -0.443. The molecule has 0 saturated carbocycles. The molecule has 3 aromatic carbocycles. The Kier molecular flexibility index (Phi) is 7.37. The molecule has 0 radical (unpaired) electrons. The third kappa shape index (κ3) is 5.82. The van der Waals surface area contributed by atoms with E-state index >= 15 is 0 Å². The summed E-state index contributed by atoms with van der Waals surface area (Å²) in [7, 11) is 3.02. The van der Waals surface area contributed by atoms with E-state index in [0.29, 0.717) is 22.8 Å². The topological polar surface area (TPSA) is 112 Å². The van der Waals surface area contributed by atoms with E-state index in [0.717, 1.165) is 11.1 Å². The van der Waals surface area contributed by atoms with E-state index < -0.39 is 4.92 Å². The molecule has 3 aromatic rings. The Morgan fingerprint density at radius 2 is 1.69 bits per heavy atom. The summed E-state index contributed by atoms with van der Waals surface area (Å²) in [5.74, 6) is 1.23. The highest BCUT2D eigenvalue weighted by atomic mass is 16.6. The maximum Gasteiger partial charge on any atom is 0.271 e. The predicted octanol–water partition coefficient (Wildman–Crippen LogP) is 3.95. The number of nitrogens with one attached hydrogen (secondary N) is 1. The molecule has 32 heavy (non-hydrogen) atoms. The summed E-state index contributed by atoms with van der Waals surface area (Å²) >= 11 is 0. The van der Waals surface area contributed by atoms with Crippen molar-refractivity contribution < 1.29 is 23.9 Å². The van der Waals surface area contributed by atoms with E-state index in [-0.39, 0.29) is 18.2 Å². The molecule has 0 aromatic heterocycles. The first-order valence-electron chi connectivity index (χ1n) is 9.52. The number of non-ortho nitro benzene ring substituents is 1. The van der Waals surface area contributed by atoms with Crippen LogP contribution in [0, 0.1) is 10.1 Å². The number of carbonyl (C=O) groups excluding carboxylic acids is 1. The van der Waals surface area contributed by atoms with Gasteiger partial charge >= 0.3 is 0 Å². The molecule has 0 bridgehead atoms. The monoisotopic (exact) mass is 435 g/mol. The number of hydrazone groups is 1. The molecular formula is C23H21N3O6. The van der Waals surface area contributed by atoms with E-state index in [9.17, 15) is 14.9 Å². The van der Waals surface area contributed by atoms with Crippen molar-refractivity contribution in [3.63, 3.8) is 0 Å². The smallest absolute Gasteiger partial charge is 0.271 e. The fraction of sp³-hybridized carbons (Fsp3) is 0.130. The van der Waals surface area contributed by atoms with E-state index in [1.165, 1.54) is 32.6 Å². The number of hydrogen-bond acceptors (Lipinski definition) is 7. The first-order valence-corrected chi connectivity index (χ1v) is 9.52. The van der Waals surface area contributed by atoms with Crippen LogP contribution < -0.4 is 19.6 Å². The molecule has 0 atom stereocenters. The van der Waals surface area contributed by atoms with Crippen LogP contribution in [0.3, 0.4) is 0 Å². The van der Waals surface area contributed by atoms with Crippen LogP contribution in [0.4, 0.5) is 5.69 Å². The Bertz CT molecular complexity index is 1110. The van der Waals surface area contributed by atoms with Crippen LogP contribution >= 0.6 is 0 Å². The zero-order valence-electron chi connectivity index (χ0n) is 17.5. The highest BCUT2D eigenvalue weighted by Crippen LogP contribution is 2.27. The lowest BCUT2D eigenvalue weighted by Gasteiger charge is -2.08. The lowest BCUT2D eigenvalue weighted by Crippen LogP contribution is -2.17. The predicted molar refractivity (Wildman–Crippen MR) is 118 cm³/mol. The van der Waals surface area contributed by atoms with Crippen molar-refractivity contribution in [2.45, 2.75) is 6.61 Å². The molecule has 1 N–H and O–H groups in total. The summed E-state index contributed by atoms with van der Waals surface area (Å²) < 4.78 is 16.0. The quantitative estimate of drug-likeness (QED) is 0.309. The number of rotatable bonds is 9. The maximum absolute atomic E-state index is 12.3. The average Bonchev–Trinajstić information content (AvgIpc) is 2.83. The molecule has 164 valence electrons. The number of nitrogens with zero attached hydrogens (tertiary/aromatic N) is 2. The van der Waals surface area contributed by atoms with Gasteiger partial charge in [0.25, 0.3) is 11.6 Å². The molecule has 0 aliphatic heterocycles. The number of carbonyl (C=O) groups is 1. The first kappa shape index (κ1) is 22.3. The highest BCUT2D eigenvalue weighted by molar-refractivity contribution is 5.95. The zero-order chi connectivity index (χ0) is 22.9. The van der Waals surface area contributed by atoms with E-state index in [1.54, 1.807) is 54.6 Å². The molecule has 1 amide bonds. The molecule has 9 heteroatoms. The van der Waals surface area contributed by atoms with E-state index in [4.69, 9.17) is 14.2 Å². The van der Waals surface area contributed by atoms with E-state index in [2.05, 4.69) is 10.5 Å². The third-order valence-electron chi connectivity index (χ3n) is 4.46. The normalized spacial score (nSPS) is 10.6. The highest BCUT2D eigenvalue weighted by Gasteiger charge is 2.10. The van der Waals surface area contributed by atoms with Gasteiger partial charge in [0, 0.05) is 17.7 Å². The molecule has 0 aliphatic carbocycles. The Hall–Kier alpha value is -4.40. The van der Waals surface area contributed by atoms with Crippen molar-refractivity contribution in [1.82, 2.24) is 5.43 Å². The Morgan fingerprint density at radius 3 is 2.31 bits per heavy atom. The van der Waals surface area contributed by atoms with Gasteiger partial charge in [0.1, 0.15) is 12.4 Å². The minimum Gasteiger partial charge on any atom is -0.493 e. The van der Waals surface area contributed by atoms with Gasteiger partial charge in [-0.2, -0.15) is 5.10 Å². The number of hydrogen-bond donors (Lipinski definition) is 1. The number of ether oxygens (including phenoxy) is 3. The number of methoxy groups -OCH3 is 2. The second-order valence-corrected chi connectivity index (χ2v) is 6.55. The minimum absolute atomic E-state index is 0.0376. The summed E-state index contributed by atoms with van der Waals surface area (Å²) in [5.41, 5.74) is 4.47. The molecule has 0 spiro atoms. The van der Waals surface area contributed by atoms with Crippen molar-refractivity contribution in [2.75, 3.05) is 14.2 Å². The molecular weight excluding hydrogens is 414 g/mol. The second-order valence-electron chi connectivity index (χ2n) is 6.55. The van der Waals surface area contributed by atoms with Crippen molar-refractivity contribution in [2.24, 2.45) is 5.10 Å². The lowest BCUT2D eigenvalue weighted by molar-refractivity contribution is -0.384. The van der Waals surface area contributed by atoms with Crippen LogP contribution in [0.25, 0.3) is 0 Å². The van der Waals surface area contributed by atoms with Gasteiger partial charge < -0.3 is 14.2 Å². The lowest BCUT2D eigenvalue weighted by atomic mass is 10.2. The van der Waals surface area contributed by atoms with Crippen molar-refractivity contribution in [3.8, 4) is 17.2 Å². The summed E-state index contributed by atoms with van der Waals surface area (Å²) in [4.78, 5) is 22.5. The zero-order valence-corrected chi connectivity index (χ0v) is 17.5. The fourth-order valence-corrected chi connectivity index (χ4v) is 2.74. The number of nitro benzene ring substituents is 1. The van der Waals surface area contributed by atoms with Gasteiger partial charge in [0.15, 0.2) is 11.5 Å². The molecule has 3 rings (SSSR count). The van der Waals surface area contributed by atoms with Crippen LogP contribution in [0.1, 0.15) is 21.5 Å². The van der Waals surface area contributed by atoms with Crippen molar-refractivity contribution in [3.05, 3.63) is 93.5 Å². The molecule has 0 heterocycles. The fourth-order valence-electron chi connectivity index (χ4n) is 2.74. The summed E-state index contributed by atoms with van der Waals surface area (Å²) in [6.07, 6.45) is 1.51. The van der Waals surface area contributed by atoms with Gasteiger partial charge in [-0.15, -0.1) is 0 Å². The van der Waals surface area contributed by atoms with Gasteiger partial charge in [-0.25, -0.2) is 5.43 Å². The van der Waals surface area contributed by atoms with Crippen LogP contribution in [0.2, 0.25) is 0 Å². The van der Waals surface area contributed by atoms with Gasteiger partial charge in [0.2, 0.25) is 0 Å². The van der Waals surface area contributed by atoms with Crippen molar-refractivity contribution >= 4 is 17.8 Å². The SMILES string of the molecule is COc1ccc(C(=O)N/N=C\c2ccc(OCc3ccc([N+](=O)[O-])cc3)cc2)cc1OC. The average molecular weight is 435 g/mol. The summed E-state index contributed by atoms with van der Waals surface area (Å²) in [6, 6.07) is 18.1. The Morgan fingerprint density at radius 1 is 1.00 bits per heavy atom. The van der Waals surface area contributed by atoms with E-state index in [1.807, 2.05) is 0 Å². The Balaban J connectivity index is 1.52. The van der Waals surface area contributed by atoms with Crippen LogP contribution in [-0.2, 0) is 6.61 Å². The largest absolute Gasteiger partial charge is 0.493 e. The molecule has 0 fully saturated rings. The van der Waals surface area contributed by atoms with Crippen molar-refractivity contribution in [1.29, 1.82) is 0 Å².